The van der Waals surface area contributed by atoms with Crippen molar-refractivity contribution in [2.45, 2.75) is 76.3 Å². The topological polar surface area (TPSA) is 32.3 Å². The minimum Gasteiger partial charge on any atom is -0.338 e. The van der Waals surface area contributed by atoms with Crippen molar-refractivity contribution in [2.24, 2.45) is 5.92 Å². The van der Waals surface area contributed by atoms with Gasteiger partial charge in [0.15, 0.2) is 0 Å². The summed E-state index contributed by atoms with van der Waals surface area (Å²) < 4.78 is 0. The van der Waals surface area contributed by atoms with Crippen LogP contribution in [0.25, 0.3) is 0 Å². The van der Waals surface area contributed by atoms with E-state index in [1.807, 2.05) is 0 Å². The van der Waals surface area contributed by atoms with E-state index in [0.717, 1.165) is 44.7 Å². The predicted octanol–water partition coefficient (Wildman–Crippen LogP) is 2.70. The lowest BCUT2D eigenvalue weighted by atomic mass is 9.86. The number of rotatable bonds is 3. The average molecular weight is 264 g/mol. The second-order valence-corrected chi connectivity index (χ2v) is 6.76. The molecular formula is C16H28N2O. The van der Waals surface area contributed by atoms with Crippen LogP contribution < -0.4 is 5.32 Å². The van der Waals surface area contributed by atoms with Crippen LogP contribution in [0.15, 0.2) is 0 Å². The first-order valence-corrected chi connectivity index (χ1v) is 8.33. The van der Waals surface area contributed by atoms with Crippen LogP contribution in [0.5, 0.6) is 0 Å². The Labute approximate surface area is 117 Å². The fourth-order valence-electron chi connectivity index (χ4n) is 4.72. The molecule has 0 bridgehead atoms. The van der Waals surface area contributed by atoms with Crippen LogP contribution >= 0.6 is 0 Å². The molecule has 3 aliphatic rings. The third-order valence-corrected chi connectivity index (χ3v) is 5.58. The molecule has 1 amide bonds. The molecule has 0 radical (unpaired) electrons. The summed E-state index contributed by atoms with van der Waals surface area (Å²) in [5, 5.41) is 3.56. The molecule has 2 saturated heterocycles. The summed E-state index contributed by atoms with van der Waals surface area (Å²) in [6.07, 6.45) is 10.8. The smallest absolute Gasteiger partial charge is 0.243 e. The summed E-state index contributed by atoms with van der Waals surface area (Å²) in [4.78, 5) is 15.4. The molecule has 2 aliphatic heterocycles. The van der Waals surface area contributed by atoms with Crippen LogP contribution in [-0.4, -0.2) is 35.5 Å². The maximum absolute atomic E-state index is 13.1. The summed E-state index contributed by atoms with van der Waals surface area (Å²) in [5.74, 6) is 1.24. The zero-order chi connectivity index (χ0) is 13.3. The van der Waals surface area contributed by atoms with Gasteiger partial charge in [0, 0.05) is 12.6 Å². The average Bonchev–Trinajstić information content (AvgIpc) is 3.06. The molecule has 1 N–H and O–H groups in total. The summed E-state index contributed by atoms with van der Waals surface area (Å²) in [6.45, 7) is 4.23. The molecule has 3 nitrogen and oxygen atoms in total. The van der Waals surface area contributed by atoms with Crippen molar-refractivity contribution >= 4 is 5.91 Å². The van der Waals surface area contributed by atoms with Crippen molar-refractivity contribution in [3.05, 3.63) is 0 Å². The van der Waals surface area contributed by atoms with Gasteiger partial charge in [0.25, 0.3) is 0 Å². The maximum atomic E-state index is 13.1. The van der Waals surface area contributed by atoms with Gasteiger partial charge in [0.1, 0.15) is 0 Å². The summed E-state index contributed by atoms with van der Waals surface area (Å²) in [7, 11) is 0. The number of carbonyl (C=O) groups is 1. The normalized spacial score (nSPS) is 38.5. The highest BCUT2D eigenvalue weighted by atomic mass is 16.2. The molecule has 3 rings (SSSR count). The van der Waals surface area contributed by atoms with Gasteiger partial charge in [-0.25, -0.2) is 0 Å². The highest BCUT2D eigenvalue weighted by Crippen LogP contribution is 2.39. The number of hydrogen-bond donors (Lipinski definition) is 1. The molecule has 3 unspecified atom stereocenters. The first kappa shape index (κ1) is 13.4. The Hall–Kier alpha value is -0.570. The fraction of sp³-hybridized carbons (Fsp3) is 0.938. The molecule has 19 heavy (non-hydrogen) atoms. The molecule has 0 aromatic carbocycles. The molecule has 0 spiro atoms. The van der Waals surface area contributed by atoms with Gasteiger partial charge >= 0.3 is 0 Å². The number of hydrogen-bond acceptors (Lipinski definition) is 2. The van der Waals surface area contributed by atoms with E-state index in [1.165, 1.54) is 32.1 Å². The molecule has 0 aromatic heterocycles. The van der Waals surface area contributed by atoms with E-state index in [9.17, 15) is 4.79 Å². The Morgan fingerprint density at radius 1 is 1.26 bits per heavy atom. The first-order valence-electron chi connectivity index (χ1n) is 8.33. The van der Waals surface area contributed by atoms with Gasteiger partial charge < -0.3 is 10.2 Å². The molecule has 3 heteroatoms. The number of likely N-dealkylation sites (tertiary alicyclic amines) is 1. The van der Waals surface area contributed by atoms with E-state index in [4.69, 9.17) is 0 Å². The van der Waals surface area contributed by atoms with Crippen LogP contribution in [0.4, 0.5) is 0 Å². The predicted molar refractivity (Wildman–Crippen MR) is 77.0 cm³/mol. The molecule has 3 atom stereocenters. The van der Waals surface area contributed by atoms with Crippen LogP contribution in [0.1, 0.15) is 64.7 Å². The number of nitrogens with one attached hydrogen (secondary N) is 1. The lowest BCUT2D eigenvalue weighted by Crippen LogP contribution is -2.59. The molecule has 1 aliphatic carbocycles. The van der Waals surface area contributed by atoms with Gasteiger partial charge in [-0.3, -0.25) is 4.79 Å². The Kier molecular flexibility index (Phi) is 3.84. The van der Waals surface area contributed by atoms with Gasteiger partial charge in [-0.2, -0.15) is 0 Å². The van der Waals surface area contributed by atoms with Gasteiger partial charge in [-0.1, -0.05) is 19.8 Å². The molecule has 2 heterocycles. The van der Waals surface area contributed by atoms with Crippen LogP contribution in [0.2, 0.25) is 0 Å². The Morgan fingerprint density at radius 3 is 2.84 bits per heavy atom. The number of fused-ring (bicyclic) bond motifs is 1. The molecule has 0 aromatic rings. The van der Waals surface area contributed by atoms with Gasteiger partial charge in [0.05, 0.1) is 5.54 Å². The summed E-state index contributed by atoms with van der Waals surface area (Å²) in [6, 6.07) is 0.567. The fourth-order valence-corrected chi connectivity index (χ4v) is 4.72. The Bertz CT molecular complexity index is 336. The number of carbonyl (C=O) groups excluding carboxylic acids is 1. The van der Waals surface area contributed by atoms with Crippen LogP contribution in [-0.2, 0) is 4.79 Å². The maximum Gasteiger partial charge on any atom is 0.243 e. The third kappa shape index (κ3) is 2.31. The van der Waals surface area contributed by atoms with Crippen molar-refractivity contribution in [2.75, 3.05) is 13.1 Å². The van der Waals surface area contributed by atoms with Crippen molar-refractivity contribution in [1.82, 2.24) is 10.2 Å². The lowest BCUT2D eigenvalue weighted by Gasteiger charge is -2.43. The van der Waals surface area contributed by atoms with E-state index in [0.29, 0.717) is 11.9 Å². The van der Waals surface area contributed by atoms with E-state index in [-0.39, 0.29) is 5.54 Å². The molecular weight excluding hydrogens is 236 g/mol. The Balaban J connectivity index is 1.77. The van der Waals surface area contributed by atoms with Crippen molar-refractivity contribution in [1.29, 1.82) is 0 Å². The van der Waals surface area contributed by atoms with E-state index in [2.05, 4.69) is 17.1 Å². The van der Waals surface area contributed by atoms with Gasteiger partial charge in [-0.15, -0.1) is 0 Å². The highest BCUT2D eigenvalue weighted by Gasteiger charge is 2.46. The van der Waals surface area contributed by atoms with E-state index < -0.39 is 0 Å². The number of nitrogens with zero attached hydrogens (tertiary/aromatic N) is 1. The summed E-state index contributed by atoms with van der Waals surface area (Å²) >= 11 is 0. The zero-order valence-corrected chi connectivity index (χ0v) is 12.3. The molecule has 3 fully saturated rings. The van der Waals surface area contributed by atoms with Crippen molar-refractivity contribution in [3.8, 4) is 0 Å². The highest BCUT2D eigenvalue weighted by molar-refractivity contribution is 5.87. The molecule has 108 valence electrons. The van der Waals surface area contributed by atoms with Crippen molar-refractivity contribution in [3.63, 3.8) is 0 Å². The standard InChI is InChI=1S/C16H28N2O/c1-2-9-16(10-5-11-17-16)15(19)18-12-4-7-13-6-3-8-14(13)18/h13-14,17H,2-12H2,1H3. The minimum absolute atomic E-state index is 0.209. The second-order valence-electron chi connectivity index (χ2n) is 6.76. The first-order chi connectivity index (χ1) is 9.27. The van der Waals surface area contributed by atoms with E-state index >= 15 is 0 Å². The van der Waals surface area contributed by atoms with Crippen molar-refractivity contribution < 1.29 is 4.79 Å². The van der Waals surface area contributed by atoms with E-state index in [1.54, 1.807) is 0 Å². The second kappa shape index (κ2) is 5.43. The quantitative estimate of drug-likeness (QED) is 0.850. The number of piperidine rings is 1. The third-order valence-electron chi connectivity index (χ3n) is 5.58. The van der Waals surface area contributed by atoms with Crippen LogP contribution in [0.3, 0.4) is 0 Å². The lowest BCUT2D eigenvalue weighted by molar-refractivity contribution is -0.143. The van der Waals surface area contributed by atoms with Crippen LogP contribution in [0, 0.1) is 5.92 Å². The largest absolute Gasteiger partial charge is 0.338 e. The van der Waals surface area contributed by atoms with Gasteiger partial charge in [-0.05, 0) is 57.4 Å². The monoisotopic (exact) mass is 264 g/mol. The zero-order valence-electron chi connectivity index (χ0n) is 12.3. The Morgan fingerprint density at radius 2 is 2.11 bits per heavy atom. The summed E-state index contributed by atoms with van der Waals surface area (Å²) in [5.41, 5.74) is -0.209. The number of amides is 1. The minimum atomic E-state index is -0.209. The SMILES string of the molecule is CCCC1(C(=O)N2CCCC3CCCC32)CCCN1. The van der Waals surface area contributed by atoms with Gasteiger partial charge in [0.2, 0.25) is 5.91 Å². The molecule has 1 saturated carbocycles.